The first-order valence-corrected chi connectivity index (χ1v) is 5.94. The second-order valence-corrected chi connectivity index (χ2v) is 4.44. The van der Waals surface area contributed by atoms with Gasteiger partial charge in [0.15, 0.2) is 0 Å². The van der Waals surface area contributed by atoms with Crippen LogP contribution in [0.25, 0.3) is 11.4 Å². The van der Waals surface area contributed by atoms with Gasteiger partial charge < -0.3 is 9.84 Å². The maximum Gasteiger partial charge on any atom is 0.231 e. The van der Waals surface area contributed by atoms with Crippen molar-refractivity contribution in [1.29, 1.82) is 0 Å². The molecule has 0 aromatic carbocycles. The molecule has 0 saturated carbocycles. The number of hydrogen-bond acceptors (Lipinski definition) is 5. The van der Waals surface area contributed by atoms with Crippen molar-refractivity contribution in [3.8, 4) is 11.4 Å². The summed E-state index contributed by atoms with van der Waals surface area (Å²) in [5, 5.41) is 11.3. The summed E-state index contributed by atoms with van der Waals surface area (Å²) in [7, 11) is 0. The van der Waals surface area contributed by atoms with Crippen molar-refractivity contribution in [3.63, 3.8) is 0 Å². The molecule has 4 nitrogen and oxygen atoms in total. The van der Waals surface area contributed by atoms with Gasteiger partial charge in [0, 0.05) is 17.5 Å². The standard InChI is InChI=1S/C10H11N3OS.ClH/c1-3-11-5-7(1)10-12-9(13-14-10)8-2-4-15-6-8;/h2,4,6-7,11H,1,3,5H2;1H/t7-;/m1./s1. The highest BCUT2D eigenvalue weighted by atomic mass is 35.5. The fraction of sp³-hybridized carbons (Fsp3) is 0.400. The van der Waals surface area contributed by atoms with E-state index < -0.39 is 0 Å². The molecule has 0 unspecified atom stereocenters. The van der Waals surface area contributed by atoms with Crippen LogP contribution in [0.2, 0.25) is 0 Å². The van der Waals surface area contributed by atoms with E-state index in [0.717, 1.165) is 31.0 Å². The maximum atomic E-state index is 5.28. The number of halogens is 1. The molecule has 0 aliphatic carbocycles. The zero-order valence-corrected chi connectivity index (χ0v) is 10.2. The summed E-state index contributed by atoms with van der Waals surface area (Å²) in [5.41, 5.74) is 1.04. The molecule has 0 amide bonds. The molecule has 0 spiro atoms. The van der Waals surface area contributed by atoms with Crippen molar-refractivity contribution in [3.05, 3.63) is 22.7 Å². The Kier molecular flexibility index (Phi) is 3.58. The van der Waals surface area contributed by atoms with Gasteiger partial charge in [-0.05, 0) is 24.4 Å². The molecule has 6 heteroatoms. The van der Waals surface area contributed by atoms with Crippen LogP contribution in [0.4, 0.5) is 0 Å². The summed E-state index contributed by atoms with van der Waals surface area (Å²) in [6.45, 7) is 1.99. The van der Waals surface area contributed by atoms with Crippen LogP contribution in [0, 0.1) is 0 Å². The molecule has 1 atom stereocenters. The Bertz CT molecular complexity index is 437. The second-order valence-electron chi connectivity index (χ2n) is 3.66. The van der Waals surface area contributed by atoms with E-state index in [2.05, 4.69) is 15.5 Å². The van der Waals surface area contributed by atoms with Gasteiger partial charge in [-0.3, -0.25) is 0 Å². The van der Waals surface area contributed by atoms with Crippen molar-refractivity contribution in [2.45, 2.75) is 12.3 Å². The number of nitrogens with zero attached hydrogens (tertiary/aromatic N) is 2. The topological polar surface area (TPSA) is 51.0 Å². The lowest BCUT2D eigenvalue weighted by atomic mass is 10.1. The predicted molar refractivity (Wildman–Crippen MR) is 65.1 cm³/mol. The van der Waals surface area contributed by atoms with E-state index in [1.54, 1.807) is 11.3 Å². The molecular weight excluding hydrogens is 246 g/mol. The molecule has 16 heavy (non-hydrogen) atoms. The van der Waals surface area contributed by atoms with Crippen LogP contribution in [0.5, 0.6) is 0 Å². The number of hydrogen-bond donors (Lipinski definition) is 1. The Labute approximate surface area is 103 Å². The van der Waals surface area contributed by atoms with Gasteiger partial charge in [0.05, 0.1) is 5.92 Å². The van der Waals surface area contributed by atoms with Crippen molar-refractivity contribution < 1.29 is 4.52 Å². The SMILES string of the molecule is Cl.c1cc(-c2noc([C@@H]3CCNC3)n2)cs1. The number of rotatable bonds is 2. The summed E-state index contributed by atoms with van der Waals surface area (Å²) in [6.07, 6.45) is 1.09. The van der Waals surface area contributed by atoms with E-state index in [4.69, 9.17) is 4.52 Å². The van der Waals surface area contributed by atoms with Gasteiger partial charge in [-0.25, -0.2) is 0 Å². The minimum Gasteiger partial charge on any atom is -0.339 e. The predicted octanol–water partition coefficient (Wildman–Crippen LogP) is 2.30. The third-order valence-corrected chi connectivity index (χ3v) is 3.31. The van der Waals surface area contributed by atoms with Crippen LogP contribution >= 0.6 is 23.7 Å². The van der Waals surface area contributed by atoms with E-state index in [9.17, 15) is 0 Å². The summed E-state index contributed by atoms with van der Waals surface area (Å²) in [6, 6.07) is 2.01. The average molecular weight is 258 g/mol. The number of aromatic nitrogens is 2. The van der Waals surface area contributed by atoms with E-state index >= 15 is 0 Å². The van der Waals surface area contributed by atoms with Gasteiger partial charge >= 0.3 is 0 Å². The Morgan fingerprint density at radius 1 is 1.50 bits per heavy atom. The van der Waals surface area contributed by atoms with E-state index in [0.29, 0.717) is 11.7 Å². The third-order valence-electron chi connectivity index (χ3n) is 2.63. The van der Waals surface area contributed by atoms with Crippen molar-refractivity contribution in [1.82, 2.24) is 15.5 Å². The van der Waals surface area contributed by atoms with Gasteiger partial charge in [-0.2, -0.15) is 16.3 Å². The number of thiophene rings is 1. The van der Waals surface area contributed by atoms with Gasteiger partial charge in [0.25, 0.3) is 0 Å². The highest BCUT2D eigenvalue weighted by Crippen LogP contribution is 2.24. The van der Waals surface area contributed by atoms with Crippen molar-refractivity contribution >= 4 is 23.7 Å². The van der Waals surface area contributed by atoms with E-state index in [-0.39, 0.29) is 12.4 Å². The quantitative estimate of drug-likeness (QED) is 0.897. The monoisotopic (exact) mass is 257 g/mol. The summed E-state index contributed by atoms with van der Waals surface area (Å²) in [5.74, 6) is 1.87. The summed E-state index contributed by atoms with van der Waals surface area (Å²) < 4.78 is 5.28. The molecule has 1 N–H and O–H groups in total. The highest BCUT2D eigenvalue weighted by molar-refractivity contribution is 7.08. The lowest BCUT2D eigenvalue weighted by Gasteiger charge is -1.98. The highest BCUT2D eigenvalue weighted by Gasteiger charge is 2.22. The van der Waals surface area contributed by atoms with Crippen LogP contribution in [-0.4, -0.2) is 23.2 Å². The second kappa shape index (κ2) is 4.95. The fourth-order valence-electron chi connectivity index (χ4n) is 1.78. The molecule has 3 rings (SSSR count). The van der Waals surface area contributed by atoms with Crippen LogP contribution < -0.4 is 5.32 Å². The maximum absolute atomic E-state index is 5.28. The van der Waals surface area contributed by atoms with Crippen LogP contribution in [-0.2, 0) is 0 Å². The minimum absolute atomic E-state index is 0. The molecule has 1 fully saturated rings. The van der Waals surface area contributed by atoms with Gasteiger partial charge in [-0.1, -0.05) is 5.16 Å². The Balaban J connectivity index is 0.000000963. The van der Waals surface area contributed by atoms with Crippen LogP contribution in [0.3, 0.4) is 0 Å². The van der Waals surface area contributed by atoms with E-state index in [1.807, 2.05) is 16.8 Å². The first-order chi connectivity index (χ1) is 7.43. The first-order valence-electron chi connectivity index (χ1n) is 5.00. The minimum atomic E-state index is 0. The molecular formula is C10H12ClN3OS. The fourth-order valence-corrected chi connectivity index (χ4v) is 2.41. The molecule has 1 saturated heterocycles. The van der Waals surface area contributed by atoms with Gasteiger partial charge in [-0.15, -0.1) is 12.4 Å². The van der Waals surface area contributed by atoms with Crippen molar-refractivity contribution in [2.24, 2.45) is 0 Å². The van der Waals surface area contributed by atoms with Crippen LogP contribution in [0.15, 0.2) is 21.3 Å². The normalized spacial score (nSPS) is 19.6. The lowest BCUT2D eigenvalue weighted by molar-refractivity contribution is 0.359. The zero-order chi connectivity index (χ0) is 10.1. The molecule has 1 aliphatic rings. The summed E-state index contributed by atoms with van der Waals surface area (Å²) in [4.78, 5) is 4.42. The smallest absolute Gasteiger partial charge is 0.231 e. The number of nitrogens with one attached hydrogen (secondary N) is 1. The van der Waals surface area contributed by atoms with Crippen molar-refractivity contribution in [2.75, 3.05) is 13.1 Å². The molecule has 3 heterocycles. The first kappa shape index (κ1) is 11.6. The van der Waals surface area contributed by atoms with Gasteiger partial charge in [0.2, 0.25) is 11.7 Å². The molecule has 0 radical (unpaired) electrons. The molecule has 1 aliphatic heterocycles. The molecule has 86 valence electrons. The van der Waals surface area contributed by atoms with Gasteiger partial charge in [0.1, 0.15) is 0 Å². The average Bonchev–Trinajstić information content (AvgIpc) is 3.02. The van der Waals surface area contributed by atoms with Crippen LogP contribution in [0.1, 0.15) is 18.2 Å². The third kappa shape index (κ3) is 2.11. The Hall–Kier alpha value is -0.910. The zero-order valence-electron chi connectivity index (χ0n) is 8.55. The molecule has 2 aromatic rings. The lowest BCUT2D eigenvalue weighted by Crippen LogP contribution is -2.08. The molecule has 0 bridgehead atoms. The Morgan fingerprint density at radius 3 is 3.12 bits per heavy atom. The van der Waals surface area contributed by atoms with E-state index in [1.165, 1.54) is 0 Å². The Morgan fingerprint density at radius 2 is 2.44 bits per heavy atom. The summed E-state index contributed by atoms with van der Waals surface area (Å²) >= 11 is 1.64. The molecule has 2 aromatic heterocycles. The largest absolute Gasteiger partial charge is 0.339 e.